The maximum atomic E-state index is 11.7. The summed E-state index contributed by atoms with van der Waals surface area (Å²) in [5.41, 5.74) is 5.96. The number of hydrogen-bond donors (Lipinski definition) is 1. The van der Waals surface area contributed by atoms with Crippen LogP contribution >= 0.6 is 0 Å². The van der Waals surface area contributed by atoms with Gasteiger partial charge in [-0.3, -0.25) is 4.79 Å². The minimum Gasteiger partial charge on any atom is -0.492 e. The van der Waals surface area contributed by atoms with Gasteiger partial charge in [0, 0.05) is 16.5 Å². The molecular weight excluding hydrogens is 254 g/mol. The predicted octanol–water partition coefficient (Wildman–Crippen LogP) is 3.00. The summed E-state index contributed by atoms with van der Waals surface area (Å²) in [5.74, 6) is 0.420. The molecule has 0 spiro atoms. The van der Waals surface area contributed by atoms with Crippen molar-refractivity contribution >= 4 is 22.4 Å². The average Bonchev–Trinajstić information content (AvgIpc) is 2.46. The first-order valence-electron chi connectivity index (χ1n) is 6.44. The molecule has 20 heavy (non-hydrogen) atoms. The van der Waals surface area contributed by atoms with Crippen LogP contribution in [0.25, 0.3) is 10.8 Å². The molecule has 106 valence electrons. The predicted molar refractivity (Wildman–Crippen MR) is 79.7 cm³/mol. The third kappa shape index (κ3) is 2.69. The van der Waals surface area contributed by atoms with Crippen molar-refractivity contribution in [2.75, 3.05) is 19.5 Å². The number of esters is 1. The maximum Gasteiger partial charge on any atom is 0.314 e. The van der Waals surface area contributed by atoms with Crippen LogP contribution in [0.2, 0.25) is 0 Å². The van der Waals surface area contributed by atoms with E-state index in [1.165, 1.54) is 7.11 Å². The Morgan fingerprint density at radius 2 is 1.80 bits per heavy atom. The molecule has 2 N–H and O–H groups in total. The Morgan fingerprint density at radius 1 is 1.15 bits per heavy atom. The molecular formula is C16H19NO3. The highest BCUT2D eigenvalue weighted by Crippen LogP contribution is 2.31. The Hall–Kier alpha value is -2.23. The Balaban J connectivity index is 2.27. The molecule has 0 bridgehead atoms. The van der Waals surface area contributed by atoms with E-state index in [0.717, 1.165) is 10.8 Å². The molecule has 0 saturated carbocycles. The molecule has 0 atom stereocenters. The summed E-state index contributed by atoms with van der Waals surface area (Å²) in [4.78, 5) is 11.7. The third-order valence-corrected chi connectivity index (χ3v) is 3.24. The summed E-state index contributed by atoms with van der Waals surface area (Å²) in [6.07, 6.45) is 0. The van der Waals surface area contributed by atoms with Crippen LogP contribution < -0.4 is 10.5 Å². The lowest BCUT2D eigenvalue weighted by atomic mass is 9.95. The van der Waals surface area contributed by atoms with Crippen LogP contribution in [0.4, 0.5) is 5.69 Å². The Bertz CT molecular complexity index is 635. The van der Waals surface area contributed by atoms with Gasteiger partial charge in [0.05, 0.1) is 12.5 Å². The highest BCUT2D eigenvalue weighted by atomic mass is 16.5. The Kier molecular flexibility index (Phi) is 3.84. The van der Waals surface area contributed by atoms with Crippen LogP contribution in [-0.4, -0.2) is 19.7 Å². The number of methoxy groups -OCH3 is 1. The van der Waals surface area contributed by atoms with Gasteiger partial charge in [0.2, 0.25) is 0 Å². The molecule has 4 heteroatoms. The number of carbonyl (C=O) groups is 1. The largest absolute Gasteiger partial charge is 0.492 e. The lowest BCUT2D eigenvalue weighted by molar-refractivity contribution is -0.152. The van der Waals surface area contributed by atoms with E-state index in [-0.39, 0.29) is 12.6 Å². The summed E-state index contributed by atoms with van der Waals surface area (Å²) in [5, 5.41) is 1.88. The van der Waals surface area contributed by atoms with E-state index in [4.69, 9.17) is 15.2 Å². The summed E-state index contributed by atoms with van der Waals surface area (Å²) in [7, 11) is 1.38. The second-order valence-corrected chi connectivity index (χ2v) is 5.36. The Morgan fingerprint density at radius 3 is 2.45 bits per heavy atom. The number of fused-ring (bicyclic) bond motifs is 1. The monoisotopic (exact) mass is 273 g/mol. The molecule has 2 aromatic carbocycles. The first-order valence-corrected chi connectivity index (χ1v) is 6.44. The zero-order chi connectivity index (χ0) is 14.8. The zero-order valence-corrected chi connectivity index (χ0v) is 12.0. The Labute approximate surface area is 118 Å². The zero-order valence-electron chi connectivity index (χ0n) is 12.0. The number of rotatable bonds is 4. The lowest BCUT2D eigenvalue weighted by Crippen LogP contribution is -2.32. The van der Waals surface area contributed by atoms with Crippen LogP contribution in [0.5, 0.6) is 5.75 Å². The number of ether oxygens (including phenoxy) is 2. The van der Waals surface area contributed by atoms with Crippen molar-refractivity contribution in [2.45, 2.75) is 13.8 Å². The molecule has 0 fully saturated rings. The molecule has 4 nitrogen and oxygen atoms in total. The van der Waals surface area contributed by atoms with Gasteiger partial charge in [0.15, 0.2) is 0 Å². The smallest absolute Gasteiger partial charge is 0.314 e. The van der Waals surface area contributed by atoms with Crippen molar-refractivity contribution in [3.8, 4) is 5.75 Å². The van der Waals surface area contributed by atoms with Gasteiger partial charge < -0.3 is 15.2 Å². The fraction of sp³-hybridized carbons (Fsp3) is 0.312. The molecule has 0 saturated heterocycles. The van der Waals surface area contributed by atoms with Crippen molar-refractivity contribution in [2.24, 2.45) is 5.41 Å². The second kappa shape index (κ2) is 5.41. The molecule has 0 unspecified atom stereocenters. The number of nitrogens with two attached hydrogens (primary N) is 1. The molecule has 0 amide bonds. The van der Waals surface area contributed by atoms with E-state index >= 15 is 0 Å². The average molecular weight is 273 g/mol. The van der Waals surface area contributed by atoms with Crippen LogP contribution in [0.3, 0.4) is 0 Å². The van der Waals surface area contributed by atoms with E-state index in [0.29, 0.717) is 11.4 Å². The van der Waals surface area contributed by atoms with E-state index in [1.807, 2.05) is 36.4 Å². The third-order valence-electron chi connectivity index (χ3n) is 3.24. The van der Waals surface area contributed by atoms with Crippen molar-refractivity contribution < 1.29 is 14.3 Å². The molecule has 0 heterocycles. The standard InChI is InChI=1S/C16H19NO3/c1-16(2,15(18)19-3)10-20-14-9-8-13(17)11-6-4-5-7-12(11)14/h4-9H,10,17H2,1-3H3. The van der Waals surface area contributed by atoms with Crippen molar-refractivity contribution in [3.63, 3.8) is 0 Å². The maximum absolute atomic E-state index is 11.7. The van der Waals surface area contributed by atoms with Gasteiger partial charge in [-0.15, -0.1) is 0 Å². The van der Waals surface area contributed by atoms with Gasteiger partial charge in [0.25, 0.3) is 0 Å². The van der Waals surface area contributed by atoms with Gasteiger partial charge in [0.1, 0.15) is 12.4 Å². The molecule has 2 rings (SSSR count). The first kappa shape index (κ1) is 14.2. The van der Waals surface area contributed by atoms with Crippen LogP contribution in [-0.2, 0) is 9.53 Å². The topological polar surface area (TPSA) is 61.5 Å². The highest BCUT2D eigenvalue weighted by molar-refractivity contribution is 5.97. The summed E-state index contributed by atoms with van der Waals surface area (Å²) in [6.45, 7) is 3.82. The number of benzene rings is 2. The SMILES string of the molecule is COC(=O)C(C)(C)COc1ccc(N)c2ccccc12. The minimum atomic E-state index is -0.697. The summed E-state index contributed by atoms with van der Waals surface area (Å²) < 4.78 is 10.6. The van der Waals surface area contributed by atoms with Crippen molar-refractivity contribution in [1.29, 1.82) is 0 Å². The molecule has 0 radical (unpaired) electrons. The van der Waals surface area contributed by atoms with Crippen LogP contribution in [0.15, 0.2) is 36.4 Å². The van der Waals surface area contributed by atoms with Gasteiger partial charge in [-0.05, 0) is 26.0 Å². The van der Waals surface area contributed by atoms with Gasteiger partial charge in [-0.1, -0.05) is 24.3 Å². The second-order valence-electron chi connectivity index (χ2n) is 5.36. The number of carbonyl (C=O) groups excluding carboxylic acids is 1. The van der Waals surface area contributed by atoms with Crippen molar-refractivity contribution in [3.05, 3.63) is 36.4 Å². The summed E-state index contributed by atoms with van der Waals surface area (Å²) >= 11 is 0. The lowest BCUT2D eigenvalue weighted by Gasteiger charge is -2.22. The van der Waals surface area contributed by atoms with Gasteiger partial charge in [-0.25, -0.2) is 0 Å². The molecule has 0 aliphatic rings. The fourth-order valence-corrected chi connectivity index (χ4v) is 2.01. The van der Waals surface area contributed by atoms with Crippen LogP contribution in [0, 0.1) is 5.41 Å². The van der Waals surface area contributed by atoms with E-state index < -0.39 is 5.41 Å². The molecule has 0 aliphatic heterocycles. The fourth-order valence-electron chi connectivity index (χ4n) is 2.01. The molecule has 2 aromatic rings. The van der Waals surface area contributed by atoms with E-state index in [1.54, 1.807) is 13.8 Å². The van der Waals surface area contributed by atoms with Crippen molar-refractivity contribution in [1.82, 2.24) is 0 Å². The summed E-state index contributed by atoms with van der Waals surface area (Å²) in [6, 6.07) is 11.4. The highest BCUT2D eigenvalue weighted by Gasteiger charge is 2.29. The normalized spacial score (nSPS) is 11.3. The number of hydrogen-bond acceptors (Lipinski definition) is 4. The minimum absolute atomic E-state index is 0.244. The molecule has 0 aromatic heterocycles. The van der Waals surface area contributed by atoms with E-state index in [9.17, 15) is 4.79 Å². The van der Waals surface area contributed by atoms with Gasteiger partial charge >= 0.3 is 5.97 Å². The van der Waals surface area contributed by atoms with Crippen LogP contribution in [0.1, 0.15) is 13.8 Å². The van der Waals surface area contributed by atoms with E-state index in [2.05, 4.69) is 0 Å². The number of anilines is 1. The quantitative estimate of drug-likeness (QED) is 0.687. The molecule has 0 aliphatic carbocycles. The van der Waals surface area contributed by atoms with Gasteiger partial charge in [-0.2, -0.15) is 0 Å². The number of nitrogen functional groups attached to an aromatic ring is 1. The first-order chi connectivity index (χ1) is 9.45.